The van der Waals surface area contributed by atoms with Crippen molar-refractivity contribution in [2.24, 2.45) is 0 Å². The lowest BCUT2D eigenvalue weighted by molar-refractivity contribution is 0.130. The first-order valence-electron chi connectivity index (χ1n) is 9.71. The van der Waals surface area contributed by atoms with Crippen molar-refractivity contribution in [3.05, 3.63) is 35.4 Å². The van der Waals surface area contributed by atoms with E-state index in [1.807, 2.05) is 0 Å². The Hall–Kier alpha value is -1.26. The summed E-state index contributed by atoms with van der Waals surface area (Å²) in [5.74, 6) is 6.60. The lowest BCUT2D eigenvalue weighted by Gasteiger charge is -2.18. The van der Waals surface area contributed by atoms with Gasteiger partial charge in [0.2, 0.25) is 0 Å². The van der Waals surface area contributed by atoms with Crippen molar-refractivity contribution in [3.8, 4) is 11.8 Å². The Bertz CT molecular complexity index is 481. The zero-order chi connectivity index (χ0) is 17.7. The third-order valence-corrected chi connectivity index (χ3v) is 4.17. The fourth-order valence-electron chi connectivity index (χ4n) is 2.59. The standard InChI is InChI=1S/C23H36O/c1-5-19-24-20-13-11-9-7-6-8-10-12-14-21-15-17-22(18-16-21)23(2,3)4/h15-18H,5-11,13,19-20H2,1-4H3. The molecule has 0 radical (unpaired) electrons. The molecule has 24 heavy (non-hydrogen) atoms. The molecule has 1 aromatic rings. The molecule has 0 atom stereocenters. The highest BCUT2D eigenvalue weighted by molar-refractivity contribution is 5.37. The molecule has 0 aliphatic heterocycles. The minimum atomic E-state index is 0.216. The van der Waals surface area contributed by atoms with Gasteiger partial charge in [0.25, 0.3) is 0 Å². The van der Waals surface area contributed by atoms with E-state index in [0.717, 1.165) is 31.6 Å². The van der Waals surface area contributed by atoms with E-state index >= 15 is 0 Å². The maximum atomic E-state index is 5.49. The van der Waals surface area contributed by atoms with Gasteiger partial charge in [-0.25, -0.2) is 0 Å². The van der Waals surface area contributed by atoms with Gasteiger partial charge in [-0.05, 0) is 42.4 Å². The smallest absolute Gasteiger partial charge is 0.0466 e. The molecule has 0 unspecified atom stereocenters. The lowest BCUT2D eigenvalue weighted by atomic mass is 9.87. The molecular formula is C23H36O. The minimum absolute atomic E-state index is 0.216. The number of benzene rings is 1. The van der Waals surface area contributed by atoms with Crippen LogP contribution in [0.4, 0.5) is 0 Å². The predicted octanol–water partition coefficient (Wildman–Crippen LogP) is 6.49. The van der Waals surface area contributed by atoms with Crippen molar-refractivity contribution in [3.63, 3.8) is 0 Å². The molecule has 0 bridgehead atoms. The Morgan fingerprint density at radius 2 is 1.46 bits per heavy atom. The molecule has 0 spiro atoms. The van der Waals surface area contributed by atoms with Gasteiger partial charge in [-0.15, -0.1) is 0 Å². The number of unbranched alkanes of at least 4 members (excludes halogenated alkanes) is 6. The molecule has 0 fully saturated rings. The largest absolute Gasteiger partial charge is 0.381 e. The van der Waals surface area contributed by atoms with Crippen LogP contribution in [0.5, 0.6) is 0 Å². The van der Waals surface area contributed by atoms with E-state index in [9.17, 15) is 0 Å². The first kappa shape index (κ1) is 20.8. The molecule has 0 saturated heterocycles. The average Bonchev–Trinajstić information content (AvgIpc) is 2.55. The third kappa shape index (κ3) is 9.78. The van der Waals surface area contributed by atoms with Crippen LogP contribution in [-0.2, 0) is 10.2 Å². The zero-order valence-electron chi connectivity index (χ0n) is 16.3. The molecular weight excluding hydrogens is 292 g/mol. The molecule has 1 aromatic carbocycles. The monoisotopic (exact) mass is 328 g/mol. The van der Waals surface area contributed by atoms with E-state index in [4.69, 9.17) is 4.74 Å². The van der Waals surface area contributed by atoms with Crippen LogP contribution in [0.25, 0.3) is 0 Å². The van der Waals surface area contributed by atoms with E-state index in [2.05, 4.69) is 63.8 Å². The van der Waals surface area contributed by atoms with Gasteiger partial charge in [-0.1, -0.05) is 77.4 Å². The number of hydrogen-bond donors (Lipinski definition) is 0. The third-order valence-electron chi connectivity index (χ3n) is 4.17. The molecule has 134 valence electrons. The summed E-state index contributed by atoms with van der Waals surface area (Å²) in [6.07, 6.45) is 9.84. The fraction of sp³-hybridized carbons (Fsp3) is 0.652. The van der Waals surface area contributed by atoms with E-state index < -0.39 is 0 Å². The summed E-state index contributed by atoms with van der Waals surface area (Å²) in [5.41, 5.74) is 2.72. The van der Waals surface area contributed by atoms with Crippen molar-refractivity contribution in [2.45, 2.75) is 84.5 Å². The first-order valence-corrected chi connectivity index (χ1v) is 9.71. The van der Waals surface area contributed by atoms with Crippen molar-refractivity contribution >= 4 is 0 Å². The van der Waals surface area contributed by atoms with Gasteiger partial charge in [0.1, 0.15) is 0 Å². The van der Waals surface area contributed by atoms with Gasteiger partial charge in [0.05, 0.1) is 0 Å². The van der Waals surface area contributed by atoms with Gasteiger partial charge in [0.15, 0.2) is 0 Å². The lowest BCUT2D eigenvalue weighted by Crippen LogP contribution is -2.10. The Labute approximate surface area is 150 Å². The maximum Gasteiger partial charge on any atom is 0.0466 e. The van der Waals surface area contributed by atoms with Gasteiger partial charge < -0.3 is 4.74 Å². The highest BCUT2D eigenvalue weighted by atomic mass is 16.5. The van der Waals surface area contributed by atoms with Gasteiger partial charge >= 0.3 is 0 Å². The summed E-state index contributed by atoms with van der Waals surface area (Å²) in [4.78, 5) is 0. The van der Waals surface area contributed by atoms with Crippen molar-refractivity contribution in [1.29, 1.82) is 0 Å². The van der Waals surface area contributed by atoms with Crippen LogP contribution in [0.1, 0.15) is 90.2 Å². The second kappa shape index (κ2) is 12.2. The van der Waals surface area contributed by atoms with Crippen LogP contribution in [0.2, 0.25) is 0 Å². The van der Waals surface area contributed by atoms with E-state index in [0.29, 0.717) is 0 Å². The van der Waals surface area contributed by atoms with E-state index in [-0.39, 0.29) is 5.41 Å². The molecule has 0 heterocycles. The Kier molecular flexibility index (Phi) is 10.5. The summed E-state index contributed by atoms with van der Waals surface area (Å²) in [6, 6.07) is 8.70. The zero-order valence-corrected chi connectivity index (χ0v) is 16.3. The summed E-state index contributed by atoms with van der Waals surface area (Å²) < 4.78 is 5.49. The van der Waals surface area contributed by atoms with E-state index in [1.165, 1.54) is 44.1 Å². The molecule has 0 aromatic heterocycles. The molecule has 0 amide bonds. The minimum Gasteiger partial charge on any atom is -0.381 e. The summed E-state index contributed by atoms with van der Waals surface area (Å²) >= 11 is 0. The molecule has 0 aliphatic rings. The summed E-state index contributed by atoms with van der Waals surface area (Å²) in [6.45, 7) is 10.7. The first-order chi connectivity index (χ1) is 11.5. The summed E-state index contributed by atoms with van der Waals surface area (Å²) in [5, 5.41) is 0. The average molecular weight is 329 g/mol. The maximum absolute atomic E-state index is 5.49. The predicted molar refractivity (Wildman–Crippen MR) is 105 cm³/mol. The summed E-state index contributed by atoms with van der Waals surface area (Å²) in [7, 11) is 0. The topological polar surface area (TPSA) is 9.23 Å². The molecule has 0 aliphatic carbocycles. The van der Waals surface area contributed by atoms with Gasteiger partial charge in [-0.2, -0.15) is 0 Å². The second-order valence-corrected chi connectivity index (χ2v) is 7.61. The normalized spacial score (nSPS) is 11.2. The molecule has 0 N–H and O–H groups in total. The number of rotatable bonds is 10. The van der Waals surface area contributed by atoms with Crippen LogP contribution in [0.3, 0.4) is 0 Å². The van der Waals surface area contributed by atoms with Crippen LogP contribution in [-0.4, -0.2) is 13.2 Å². The Morgan fingerprint density at radius 1 is 0.833 bits per heavy atom. The van der Waals surface area contributed by atoms with Crippen LogP contribution < -0.4 is 0 Å². The van der Waals surface area contributed by atoms with Crippen molar-refractivity contribution < 1.29 is 4.74 Å². The molecule has 1 nitrogen and oxygen atoms in total. The van der Waals surface area contributed by atoms with Gasteiger partial charge in [-0.3, -0.25) is 0 Å². The molecule has 1 heteroatoms. The van der Waals surface area contributed by atoms with Crippen LogP contribution in [0.15, 0.2) is 24.3 Å². The quantitative estimate of drug-likeness (QED) is 0.352. The second-order valence-electron chi connectivity index (χ2n) is 7.61. The molecule has 0 saturated carbocycles. The number of hydrogen-bond acceptors (Lipinski definition) is 1. The number of ether oxygens (including phenoxy) is 1. The SMILES string of the molecule is CCCOCCCCCCCCC#Cc1ccc(C(C)(C)C)cc1. The fourth-order valence-corrected chi connectivity index (χ4v) is 2.59. The van der Waals surface area contributed by atoms with Crippen molar-refractivity contribution in [2.75, 3.05) is 13.2 Å². The Balaban J connectivity index is 2.07. The van der Waals surface area contributed by atoms with Crippen molar-refractivity contribution in [1.82, 2.24) is 0 Å². The highest BCUT2D eigenvalue weighted by Crippen LogP contribution is 2.21. The Morgan fingerprint density at radius 3 is 2.08 bits per heavy atom. The molecule has 1 rings (SSSR count). The van der Waals surface area contributed by atoms with Gasteiger partial charge in [0, 0.05) is 25.2 Å². The van der Waals surface area contributed by atoms with Crippen LogP contribution >= 0.6 is 0 Å². The highest BCUT2D eigenvalue weighted by Gasteiger charge is 2.12. The van der Waals surface area contributed by atoms with Crippen LogP contribution in [0, 0.1) is 11.8 Å². The van der Waals surface area contributed by atoms with E-state index in [1.54, 1.807) is 0 Å².